The zero-order valence-corrected chi connectivity index (χ0v) is 14.7. The Labute approximate surface area is 155 Å². The van der Waals surface area contributed by atoms with Crippen molar-refractivity contribution >= 4 is 23.5 Å². The van der Waals surface area contributed by atoms with E-state index in [9.17, 15) is 9.18 Å². The summed E-state index contributed by atoms with van der Waals surface area (Å²) >= 11 is 6.10. The molecule has 3 atom stereocenters. The Balaban J connectivity index is 1.40. The van der Waals surface area contributed by atoms with Crippen molar-refractivity contribution in [3.8, 4) is 11.3 Å². The molecular weight excluding hydrogens is 359 g/mol. The fourth-order valence-corrected chi connectivity index (χ4v) is 4.24. The van der Waals surface area contributed by atoms with Crippen molar-refractivity contribution in [2.75, 3.05) is 18.4 Å². The van der Waals surface area contributed by atoms with Gasteiger partial charge in [-0.15, -0.1) is 10.2 Å². The molecule has 1 amide bonds. The number of anilines is 1. The van der Waals surface area contributed by atoms with Crippen LogP contribution in [0.4, 0.5) is 15.0 Å². The van der Waals surface area contributed by atoms with Gasteiger partial charge in [0.1, 0.15) is 11.6 Å². The third kappa shape index (κ3) is 3.31. The molecule has 4 rings (SSSR count). The molecule has 2 heterocycles. The van der Waals surface area contributed by atoms with E-state index < -0.39 is 6.09 Å². The molecule has 6 nitrogen and oxygen atoms in total. The molecule has 8 heteroatoms. The Morgan fingerprint density at radius 1 is 1.19 bits per heavy atom. The average Bonchev–Trinajstić information content (AvgIpc) is 3.16. The molecular formula is C18H18ClFN4O2. The van der Waals surface area contributed by atoms with Crippen LogP contribution in [0.5, 0.6) is 0 Å². The van der Waals surface area contributed by atoms with Gasteiger partial charge < -0.3 is 15.3 Å². The first-order valence-electron chi connectivity index (χ1n) is 8.53. The van der Waals surface area contributed by atoms with Crippen LogP contribution in [0.1, 0.15) is 12.8 Å². The molecule has 1 aliphatic carbocycles. The summed E-state index contributed by atoms with van der Waals surface area (Å²) in [6, 6.07) is 7.97. The van der Waals surface area contributed by atoms with E-state index in [-0.39, 0.29) is 11.9 Å². The summed E-state index contributed by atoms with van der Waals surface area (Å²) in [4.78, 5) is 12.6. The Kier molecular flexibility index (Phi) is 4.40. The number of nitrogens with zero attached hydrogens (tertiary/aromatic N) is 3. The highest BCUT2D eigenvalue weighted by molar-refractivity contribution is 6.33. The lowest BCUT2D eigenvalue weighted by Crippen LogP contribution is -2.29. The first-order chi connectivity index (χ1) is 12.5. The van der Waals surface area contributed by atoms with Gasteiger partial charge in [0.2, 0.25) is 0 Å². The molecule has 2 fully saturated rings. The summed E-state index contributed by atoms with van der Waals surface area (Å²) in [7, 11) is 0. The molecule has 0 bridgehead atoms. The number of hydrogen-bond donors (Lipinski definition) is 2. The van der Waals surface area contributed by atoms with Crippen molar-refractivity contribution < 1.29 is 14.3 Å². The fraction of sp³-hybridized carbons (Fsp3) is 0.389. The first kappa shape index (κ1) is 17.0. The lowest BCUT2D eigenvalue weighted by Gasteiger charge is -2.17. The predicted octanol–water partition coefficient (Wildman–Crippen LogP) is 3.74. The molecule has 26 heavy (non-hydrogen) atoms. The number of carbonyl (C=O) groups is 1. The Morgan fingerprint density at radius 3 is 2.54 bits per heavy atom. The van der Waals surface area contributed by atoms with Crippen LogP contribution in [0, 0.1) is 17.7 Å². The van der Waals surface area contributed by atoms with Gasteiger partial charge in [0.15, 0.2) is 0 Å². The third-order valence-electron chi connectivity index (χ3n) is 5.24. The molecule has 1 saturated heterocycles. The largest absolute Gasteiger partial charge is 0.465 e. The van der Waals surface area contributed by atoms with Gasteiger partial charge in [-0.3, -0.25) is 0 Å². The fourth-order valence-electron chi connectivity index (χ4n) is 4.03. The molecule has 0 radical (unpaired) electrons. The maximum Gasteiger partial charge on any atom is 0.407 e. The van der Waals surface area contributed by atoms with Gasteiger partial charge >= 0.3 is 6.09 Å². The number of nitrogens with one attached hydrogen (secondary N) is 1. The molecule has 1 aromatic carbocycles. The summed E-state index contributed by atoms with van der Waals surface area (Å²) < 4.78 is 13.4. The van der Waals surface area contributed by atoms with Crippen LogP contribution in [0.3, 0.4) is 0 Å². The summed E-state index contributed by atoms with van der Waals surface area (Å²) in [5.41, 5.74) is 1.02. The maximum absolute atomic E-state index is 13.4. The molecule has 0 spiro atoms. The number of amides is 1. The predicted molar refractivity (Wildman–Crippen MR) is 95.7 cm³/mol. The number of likely N-dealkylation sites (tertiary alicyclic amines) is 1. The second-order valence-corrected chi connectivity index (χ2v) is 7.36. The van der Waals surface area contributed by atoms with E-state index in [1.165, 1.54) is 23.1 Å². The van der Waals surface area contributed by atoms with Crippen LogP contribution in [-0.4, -0.2) is 45.4 Å². The number of halogens is 2. The smallest absolute Gasteiger partial charge is 0.407 e. The second-order valence-electron chi connectivity index (χ2n) is 6.95. The topological polar surface area (TPSA) is 78.4 Å². The van der Waals surface area contributed by atoms with E-state index in [1.54, 1.807) is 12.1 Å². The average molecular weight is 377 g/mol. The summed E-state index contributed by atoms with van der Waals surface area (Å²) in [5, 5.41) is 21.2. The van der Waals surface area contributed by atoms with Crippen LogP contribution < -0.4 is 5.32 Å². The lowest BCUT2D eigenvalue weighted by molar-refractivity contribution is 0.152. The molecule has 136 valence electrons. The van der Waals surface area contributed by atoms with Gasteiger partial charge in [0, 0.05) is 24.7 Å². The maximum atomic E-state index is 13.4. The normalized spacial score (nSPS) is 24.5. The van der Waals surface area contributed by atoms with Gasteiger partial charge in [-0.1, -0.05) is 11.6 Å². The van der Waals surface area contributed by atoms with Gasteiger partial charge in [-0.25, -0.2) is 9.18 Å². The monoisotopic (exact) mass is 376 g/mol. The number of aromatic nitrogens is 2. The molecule has 1 aromatic heterocycles. The minimum Gasteiger partial charge on any atom is -0.465 e. The zero-order chi connectivity index (χ0) is 18.3. The third-order valence-corrected chi connectivity index (χ3v) is 5.57. The minimum atomic E-state index is -0.832. The van der Waals surface area contributed by atoms with Crippen LogP contribution in [0.15, 0.2) is 30.3 Å². The van der Waals surface area contributed by atoms with Gasteiger partial charge in [0.25, 0.3) is 0 Å². The highest BCUT2D eigenvalue weighted by Crippen LogP contribution is 2.39. The van der Waals surface area contributed by atoms with E-state index in [0.717, 1.165) is 12.8 Å². The first-order valence-corrected chi connectivity index (χ1v) is 8.91. The van der Waals surface area contributed by atoms with E-state index in [0.29, 0.717) is 47.0 Å². The van der Waals surface area contributed by atoms with Crippen molar-refractivity contribution in [2.45, 2.75) is 18.9 Å². The lowest BCUT2D eigenvalue weighted by atomic mass is 10.0. The number of carboxylic acid groups (broad SMARTS) is 1. The Hall–Kier alpha value is -2.41. The van der Waals surface area contributed by atoms with Crippen LogP contribution in [0.25, 0.3) is 11.3 Å². The molecule has 1 saturated carbocycles. The van der Waals surface area contributed by atoms with E-state index >= 15 is 0 Å². The van der Waals surface area contributed by atoms with E-state index in [2.05, 4.69) is 15.5 Å². The molecule has 2 aliphatic rings. The standard InChI is InChI=1S/C18H18ClFN4O2/c19-15-2-1-12(20)7-14(15)16-3-4-17(23-22-16)21-13-5-10-8-24(18(25)26)9-11(10)6-13/h1-4,7,10-11,13H,5-6,8-9H2,(H,21,23)(H,25,26)/t10-,11+,13+. The van der Waals surface area contributed by atoms with Crippen molar-refractivity contribution in [3.05, 3.63) is 41.2 Å². The molecule has 2 aromatic rings. The summed E-state index contributed by atoms with van der Waals surface area (Å²) in [5.74, 6) is 1.09. The van der Waals surface area contributed by atoms with Crippen molar-refractivity contribution in [1.82, 2.24) is 15.1 Å². The highest BCUT2D eigenvalue weighted by atomic mass is 35.5. The van der Waals surface area contributed by atoms with Crippen molar-refractivity contribution in [2.24, 2.45) is 11.8 Å². The van der Waals surface area contributed by atoms with Gasteiger partial charge in [0.05, 0.1) is 10.7 Å². The van der Waals surface area contributed by atoms with Crippen LogP contribution >= 0.6 is 11.6 Å². The summed E-state index contributed by atoms with van der Waals surface area (Å²) in [6.07, 6.45) is 1.02. The second kappa shape index (κ2) is 6.72. The van der Waals surface area contributed by atoms with Crippen LogP contribution in [-0.2, 0) is 0 Å². The highest BCUT2D eigenvalue weighted by Gasteiger charge is 2.42. The Morgan fingerprint density at radius 2 is 1.92 bits per heavy atom. The quantitative estimate of drug-likeness (QED) is 0.853. The SMILES string of the molecule is O=C(O)N1C[C@H]2C[C@H](Nc3ccc(-c4cc(F)ccc4Cl)nn3)C[C@H]2C1. The number of hydrogen-bond acceptors (Lipinski definition) is 4. The van der Waals surface area contributed by atoms with Crippen LogP contribution in [0.2, 0.25) is 5.02 Å². The molecule has 1 aliphatic heterocycles. The van der Waals surface area contributed by atoms with Gasteiger partial charge in [-0.2, -0.15) is 0 Å². The molecule has 2 N–H and O–H groups in total. The van der Waals surface area contributed by atoms with Gasteiger partial charge in [-0.05, 0) is 55.0 Å². The zero-order valence-electron chi connectivity index (χ0n) is 13.9. The number of fused-ring (bicyclic) bond motifs is 1. The van der Waals surface area contributed by atoms with E-state index in [1.807, 2.05) is 0 Å². The van der Waals surface area contributed by atoms with Crippen molar-refractivity contribution in [3.63, 3.8) is 0 Å². The Bertz CT molecular complexity index is 818. The van der Waals surface area contributed by atoms with E-state index in [4.69, 9.17) is 16.7 Å². The number of rotatable bonds is 3. The van der Waals surface area contributed by atoms with Crippen molar-refractivity contribution in [1.29, 1.82) is 0 Å². The number of benzene rings is 1. The molecule has 0 unspecified atom stereocenters. The summed E-state index contributed by atoms with van der Waals surface area (Å²) in [6.45, 7) is 1.22. The minimum absolute atomic E-state index is 0.263.